The number of aromatic nitrogens is 1. The van der Waals surface area contributed by atoms with Gasteiger partial charge in [0.1, 0.15) is 6.26 Å². The van der Waals surface area contributed by atoms with Crippen molar-refractivity contribution in [3.63, 3.8) is 0 Å². The fraction of sp³-hybridized carbons (Fsp3) is 0.444. The number of aliphatic imine (C=N–C) groups is 1. The predicted octanol–water partition coefficient (Wildman–Crippen LogP) is 4.06. The summed E-state index contributed by atoms with van der Waals surface area (Å²) in [5.74, 6) is 2.17. The molecular weight excluding hydrogens is 415 g/mol. The molecule has 0 bridgehead atoms. The first kappa shape index (κ1) is 20.5. The molecule has 0 saturated heterocycles. The van der Waals surface area contributed by atoms with Gasteiger partial charge in [-0.2, -0.15) is 0 Å². The lowest BCUT2D eigenvalue weighted by molar-refractivity contribution is 0.549. The molecule has 0 aliphatic carbocycles. The van der Waals surface area contributed by atoms with Crippen LogP contribution >= 0.6 is 24.0 Å². The van der Waals surface area contributed by atoms with E-state index in [-0.39, 0.29) is 24.0 Å². The second-order valence-corrected chi connectivity index (χ2v) is 5.90. The van der Waals surface area contributed by atoms with Crippen LogP contribution < -0.4 is 10.6 Å². The first-order chi connectivity index (χ1) is 11.2. The Morgan fingerprint density at radius 2 is 1.96 bits per heavy atom. The van der Waals surface area contributed by atoms with E-state index in [1.165, 1.54) is 6.42 Å². The highest BCUT2D eigenvalue weighted by Gasteiger charge is 2.06. The standard InChI is InChI=1S/C18H26N4O.HI/c1-14(2)8-7-11-20-18(19-3)21-12-16-13-23-17(22-16)15-9-5-4-6-10-15;/h4-6,9-10,13-14H,7-8,11-12H2,1-3H3,(H2,19,20,21);1H. The molecule has 0 aliphatic heterocycles. The molecule has 2 aromatic rings. The monoisotopic (exact) mass is 442 g/mol. The van der Waals surface area contributed by atoms with Crippen molar-refractivity contribution < 1.29 is 4.42 Å². The Bertz CT molecular complexity index is 610. The van der Waals surface area contributed by atoms with Crippen LogP contribution in [0.4, 0.5) is 0 Å². The predicted molar refractivity (Wildman–Crippen MR) is 110 cm³/mol. The van der Waals surface area contributed by atoms with Gasteiger partial charge < -0.3 is 15.1 Å². The minimum Gasteiger partial charge on any atom is -0.444 e. The van der Waals surface area contributed by atoms with E-state index in [2.05, 4.69) is 34.5 Å². The van der Waals surface area contributed by atoms with Crippen molar-refractivity contribution in [2.75, 3.05) is 13.6 Å². The lowest BCUT2D eigenvalue weighted by Gasteiger charge is -2.11. The van der Waals surface area contributed by atoms with Gasteiger partial charge in [0.05, 0.1) is 12.2 Å². The summed E-state index contributed by atoms with van der Waals surface area (Å²) >= 11 is 0. The summed E-state index contributed by atoms with van der Waals surface area (Å²) in [6.07, 6.45) is 4.04. The highest BCUT2D eigenvalue weighted by Crippen LogP contribution is 2.17. The lowest BCUT2D eigenvalue weighted by Crippen LogP contribution is -2.37. The van der Waals surface area contributed by atoms with E-state index < -0.39 is 0 Å². The Hall–Kier alpha value is -1.57. The highest BCUT2D eigenvalue weighted by molar-refractivity contribution is 14.0. The molecule has 0 amide bonds. The van der Waals surface area contributed by atoms with Gasteiger partial charge >= 0.3 is 0 Å². The summed E-state index contributed by atoms with van der Waals surface area (Å²) in [6, 6.07) is 9.89. The molecule has 1 aromatic carbocycles. The Morgan fingerprint density at radius 1 is 1.21 bits per heavy atom. The summed E-state index contributed by atoms with van der Waals surface area (Å²) in [5, 5.41) is 6.57. The third-order valence-electron chi connectivity index (χ3n) is 3.48. The van der Waals surface area contributed by atoms with Gasteiger partial charge in [0.15, 0.2) is 5.96 Å². The van der Waals surface area contributed by atoms with Gasteiger partial charge in [-0.05, 0) is 30.9 Å². The zero-order chi connectivity index (χ0) is 16.5. The first-order valence-electron chi connectivity index (χ1n) is 8.13. The third kappa shape index (κ3) is 6.90. The van der Waals surface area contributed by atoms with Crippen LogP contribution in [0, 0.1) is 5.92 Å². The molecule has 0 radical (unpaired) electrons. The van der Waals surface area contributed by atoms with Crippen molar-refractivity contribution in [1.82, 2.24) is 15.6 Å². The number of nitrogens with one attached hydrogen (secondary N) is 2. The van der Waals surface area contributed by atoms with E-state index in [4.69, 9.17) is 4.42 Å². The molecular formula is C18H27IN4O. The summed E-state index contributed by atoms with van der Waals surface area (Å²) in [7, 11) is 1.77. The van der Waals surface area contributed by atoms with Crippen molar-refractivity contribution in [3.05, 3.63) is 42.3 Å². The third-order valence-corrected chi connectivity index (χ3v) is 3.48. The highest BCUT2D eigenvalue weighted by atomic mass is 127. The van der Waals surface area contributed by atoms with Gasteiger partial charge in [0.2, 0.25) is 5.89 Å². The van der Waals surface area contributed by atoms with E-state index in [1.807, 2.05) is 30.3 Å². The van der Waals surface area contributed by atoms with Crippen LogP contribution in [0.1, 0.15) is 32.4 Å². The molecule has 0 saturated carbocycles. The van der Waals surface area contributed by atoms with Crippen LogP contribution in [0.15, 0.2) is 46.0 Å². The topological polar surface area (TPSA) is 62.5 Å². The van der Waals surface area contributed by atoms with Gasteiger partial charge in [-0.15, -0.1) is 24.0 Å². The van der Waals surface area contributed by atoms with E-state index in [0.29, 0.717) is 12.4 Å². The van der Waals surface area contributed by atoms with Crippen molar-refractivity contribution in [1.29, 1.82) is 0 Å². The number of benzene rings is 1. The van der Waals surface area contributed by atoms with Crippen LogP contribution in [0.25, 0.3) is 11.5 Å². The quantitative estimate of drug-likeness (QED) is 0.294. The largest absolute Gasteiger partial charge is 0.444 e. The van der Waals surface area contributed by atoms with Gasteiger partial charge in [-0.25, -0.2) is 4.98 Å². The summed E-state index contributed by atoms with van der Waals surface area (Å²) < 4.78 is 5.53. The lowest BCUT2D eigenvalue weighted by atomic mass is 10.1. The van der Waals surface area contributed by atoms with Gasteiger partial charge in [-0.3, -0.25) is 4.99 Å². The van der Waals surface area contributed by atoms with Crippen LogP contribution in [-0.4, -0.2) is 24.5 Å². The van der Waals surface area contributed by atoms with Crippen molar-refractivity contribution in [2.45, 2.75) is 33.2 Å². The first-order valence-corrected chi connectivity index (χ1v) is 8.13. The maximum absolute atomic E-state index is 5.53. The van der Waals surface area contributed by atoms with Gasteiger partial charge in [0.25, 0.3) is 0 Å². The number of hydrogen-bond acceptors (Lipinski definition) is 3. The zero-order valence-electron chi connectivity index (χ0n) is 14.6. The smallest absolute Gasteiger partial charge is 0.226 e. The molecule has 2 rings (SSSR count). The zero-order valence-corrected chi connectivity index (χ0v) is 16.9. The Morgan fingerprint density at radius 3 is 2.62 bits per heavy atom. The van der Waals surface area contributed by atoms with Gasteiger partial charge in [0, 0.05) is 19.2 Å². The van der Waals surface area contributed by atoms with Gasteiger partial charge in [-0.1, -0.05) is 32.0 Å². The van der Waals surface area contributed by atoms with E-state index in [9.17, 15) is 0 Å². The van der Waals surface area contributed by atoms with Crippen molar-refractivity contribution in [3.8, 4) is 11.5 Å². The molecule has 1 aromatic heterocycles. The maximum atomic E-state index is 5.53. The Kier molecular flexibility index (Phi) is 9.44. The molecule has 0 spiro atoms. The second kappa shape index (κ2) is 11.1. The summed E-state index contributed by atoms with van der Waals surface area (Å²) in [6.45, 7) is 5.98. The number of guanidine groups is 1. The number of oxazole rings is 1. The fourth-order valence-corrected chi connectivity index (χ4v) is 2.21. The minimum absolute atomic E-state index is 0. The van der Waals surface area contributed by atoms with E-state index >= 15 is 0 Å². The molecule has 0 atom stereocenters. The molecule has 5 nitrogen and oxygen atoms in total. The van der Waals surface area contributed by atoms with Crippen LogP contribution in [0.2, 0.25) is 0 Å². The Balaban J connectivity index is 0.00000288. The van der Waals surface area contributed by atoms with Crippen LogP contribution in [0.3, 0.4) is 0 Å². The molecule has 1 heterocycles. The van der Waals surface area contributed by atoms with E-state index in [1.54, 1.807) is 13.3 Å². The number of rotatable bonds is 7. The normalized spacial score (nSPS) is 11.2. The number of nitrogens with zero attached hydrogens (tertiary/aromatic N) is 2. The van der Waals surface area contributed by atoms with Crippen LogP contribution in [-0.2, 0) is 6.54 Å². The number of hydrogen-bond donors (Lipinski definition) is 2. The van der Waals surface area contributed by atoms with E-state index in [0.717, 1.165) is 36.1 Å². The molecule has 0 fully saturated rings. The summed E-state index contributed by atoms with van der Waals surface area (Å²) in [5.41, 5.74) is 1.84. The summed E-state index contributed by atoms with van der Waals surface area (Å²) in [4.78, 5) is 8.72. The maximum Gasteiger partial charge on any atom is 0.226 e. The molecule has 24 heavy (non-hydrogen) atoms. The van der Waals surface area contributed by atoms with Crippen LogP contribution in [0.5, 0.6) is 0 Å². The second-order valence-electron chi connectivity index (χ2n) is 5.90. The molecule has 0 aliphatic rings. The van der Waals surface area contributed by atoms with Crippen molar-refractivity contribution in [2.24, 2.45) is 10.9 Å². The Labute approximate surface area is 161 Å². The molecule has 0 unspecified atom stereocenters. The number of halogens is 1. The fourth-order valence-electron chi connectivity index (χ4n) is 2.21. The van der Waals surface area contributed by atoms with Crippen molar-refractivity contribution >= 4 is 29.9 Å². The molecule has 6 heteroatoms. The molecule has 2 N–H and O–H groups in total. The molecule has 132 valence electrons. The average Bonchev–Trinajstić information content (AvgIpc) is 3.04. The average molecular weight is 442 g/mol. The SMILES string of the molecule is CN=C(NCCCC(C)C)NCc1coc(-c2ccccc2)n1.I. The minimum atomic E-state index is 0.